The van der Waals surface area contributed by atoms with E-state index in [1.807, 2.05) is 6.07 Å². The number of hydrogen-bond acceptors (Lipinski definition) is 3. The van der Waals surface area contributed by atoms with Crippen LogP contribution >= 0.6 is 11.6 Å². The monoisotopic (exact) mass is 324 g/mol. The maximum absolute atomic E-state index is 12.3. The molecular weight excluding hydrogens is 308 g/mol. The smallest absolute Gasteiger partial charge is 0.305 e. The molecule has 1 aliphatic heterocycles. The summed E-state index contributed by atoms with van der Waals surface area (Å²) in [6.07, 6.45) is -0.0450. The molecule has 118 valence electrons. The van der Waals surface area contributed by atoms with E-state index in [2.05, 4.69) is 5.32 Å². The molecule has 0 saturated carbocycles. The van der Waals surface area contributed by atoms with E-state index >= 15 is 0 Å². The van der Waals surface area contributed by atoms with E-state index in [0.717, 1.165) is 5.56 Å². The molecule has 2 unspecified atom stereocenters. The SMILES string of the molecule is CN1C(=O)CC(C(=O)NCCC(=O)O)C1c1cccc(Cl)c1. The summed E-state index contributed by atoms with van der Waals surface area (Å²) in [7, 11) is 1.65. The lowest BCUT2D eigenvalue weighted by Crippen LogP contribution is -2.35. The van der Waals surface area contributed by atoms with E-state index in [4.69, 9.17) is 16.7 Å². The van der Waals surface area contributed by atoms with E-state index in [0.29, 0.717) is 5.02 Å². The molecule has 0 spiro atoms. The number of hydrogen-bond donors (Lipinski definition) is 2. The Hall–Kier alpha value is -2.08. The largest absolute Gasteiger partial charge is 0.481 e. The van der Waals surface area contributed by atoms with Crippen LogP contribution in [0.2, 0.25) is 5.02 Å². The average molecular weight is 325 g/mol. The van der Waals surface area contributed by atoms with Crippen molar-refractivity contribution < 1.29 is 19.5 Å². The van der Waals surface area contributed by atoms with Gasteiger partial charge in [-0.2, -0.15) is 0 Å². The molecule has 2 N–H and O–H groups in total. The minimum atomic E-state index is -0.980. The predicted octanol–water partition coefficient (Wildman–Crippen LogP) is 1.45. The number of amides is 2. The highest BCUT2D eigenvalue weighted by atomic mass is 35.5. The minimum absolute atomic E-state index is 0.0465. The number of aliphatic carboxylic acids is 1. The first-order chi connectivity index (χ1) is 10.4. The summed E-state index contributed by atoms with van der Waals surface area (Å²) in [6, 6.07) is 6.66. The lowest BCUT2D eigenvalue weighted by Gasteiger charge is -2.25. The molecule has 1 aromatic carbocycles. The van der Waals surface area contributed by atoms with Crippen LogP contribution in [0.3, 0.4) is 0 Å². The van der Waals surface area contributed by atoms with Crippen molar-refractivity contribution in [2.24, 2.45) is 5.92 Å². The van der Waals surface area contributed by atoms with Crippen LogP contribution < -0.4 is 5.32 Å². The van der Waals surface area contributed by atoms with Crippen molar-refractivity contribution in [1.82, 2.24) is 10.2 Å². The summed E-state index contributed by atoms with van der Waals surface area (Å²) >= 11 is 5.98. The van der Waals surface area contributed by atoms with Crippen LogP contribution in [-0.2, 0) is 14.4 Å². The molecule has 2 amide bonds. The van der Waals surface area contributed by atoms with Gasteiger partial charge in [0.25, 0.3) is 0 Å². The third-order valence-electron chi connectivity index (χ3n) is 3.75. The molecule has 1 aliphatic rings. The van der Waals surface area contributed by atoms with E-state index in [-0.39, 0.29) is 31.2 Å². The summed E-state index contributed by atoms with van der Waals surface area (Å²) < 4.78 is 0. The molecule has 1 fully saturated rings. The average Bonchev–Trinajstić information content (AvgIpc) is 2.74. The highest BCUT2D eigenvalue weighted by Crippen LogP contribution is 2.37. The van der Waals surface area contributed by atoms with Gasteiger partial charge >= 0.3 is 5.97 Å². The Bertz CT molecular complexity index is 605. The third-order valence-corrected chi connectivity index (χ3v) is 3.99. The van der Waals surface area contributed by atoms with Crippen LogP contribution in [0.15, 0.2) is 24.3 Å². The van der Waals surface area contributed by atoms with Crippen molar-refractivity contribution in [3.05, 3.63) is 34.9 Å². The highest BCUT2D eigenvalue weighted by molar-refractivity contribution is 6.30. The maximum Gasteiger partial charge on any atom is 0.305 e. The van der Waals surface area contributed by atoms with Crippen LogP contribution in [0, 0.1) is 5.92 Å². The fraction of sp³-hybridized carbons (Fsp3) is 0.400. The van der Waals surface area contributed by atoms with Gasteiger partial charge in [-0.3, -0.25) is 14.4 Å². The number of carbonyl (C=O) groups excluding carboxylic acids is 2. The minimum Gasteiger partial charge on any atom is -0.481 e. The fourth-order valence-electron chi connectivity index (χ4n) is 2.68. The van der Waals surface area contributed by atoms with Crippen molar-refractivity contribution in [3.8, 4) is 0 Å². The van der Waals surface area contributed by atoms with Crippen molar-refractivity contribution in [3.63, 3.8) is 0 Å². The van der Waals surface area contributed by atoms with Crippen LogP contribution in [0.25, 0.3) is 0 Å². The topological polar surface area (TPSA) is 86.7 Å². The quantitative estimate of drug-likeness (QED) is 0.858. The summed E-state index contributed by atoms with van der Waals surface area (Å²) in [5, 5.41) is 11.7. The molecule has 0 radical (unpaired) electrons. The molecule has 6 nitrogen and oxygen atoms in total. The van der Waals surface area contributed by atoms with Crippen molar-refractivity contribution >= 4 is 29.4 Å². The molecule has 7 heteroatoms. The van der Waals surface area contributed by atoms with Crippen molar-refractivity contribution in [2.45, 2.75) is 18.9 Å². The Balaban J connectivity index is 2.16. The van der Waals surface area contributed by atoms with E-state index in [9.17, 15) is 14.4 Å². The summed E-state index contributed by atoms with van der Waals surface area (Å²) in [5.74, 6) is -1.97. The standard InChI is InChI=1S/C15H17ClN2O4/c1-18-12(19)8-11(15(22)17-6-5-13(20)21)14(18)9-3-2-4-10(16)7-9/h2-4,7,11,14H,5-6,8H2,1H3,(H,17,22)(H,20,21). The second kappa shape index (κ2) is 6.79. The number of carbonyl (C=O) groups is 3. The zero-order valence-corrected chi connectivity index (χ0v) is 12.8. The lowest BCUT2D eigenvalue weighted by atomic mass is 9.93. The Morgan fingerprint density at radius 2 is 2.18 bits per heavy atom. The molecule has 1 saturated heterocycles. The zero-order valence-electron chi connectivity index (χ0n) is 12.1. The number of rotatable bonds is 5. The van der Waals surface area contributed by atoms with Gasteiger partial charge in [0.1, 0.15) is 0 Å². The number of halogens is 1. The predicted molar refractivity (Wildman–Crippen MR) is 80.3 cm³/mol. The summed E-state index contributed by atoms with van der Waals surface area (Å²) in [6.45, 7) is 0.0465. The van der Waals surface area contributed by atoms with Gasteiger partial charge in [-0.05, 0) is 17.7 Å². The zero-order chi connectivity index (χ0) is 16.3. The molecule has 2 rings (SSSR count). The van der Waals surface area contributed by atoms with Gasteiger partial charge in [0.15, 0.2) is 0 Å². The Kier molecular flexibility index (Phi) is 5.03. The normalized spacial score (nSPS) is 21.0. The Morgan fingerprint density at radius 3 is 2.82 bits per heavy atom. The first kappa shape index (κ1) is 16.3. The second-order valence-electron chi connectivity index (χ2n) is 5.25. The number of nitrogens with one attached hydrogen (secondary N) is 1. The fourth-order valence-corrected chi connectivity index (χ4v) is 2.87. The van der Waals surface area contributed by atoms with Crippen LogP contribution in [0.4, 0.5) is 0 Å². The van der Waals surface area contributed by atoms with E-state index in [1.165, 1.54) is 4.90 Å². The molecule has 1 aromatic rings. The summed E-state index contributed by atoms with van der Waals surface area (Å²) in [4.78, 5) is 36.3. The van der Waals surface area contributed by atoms with Gasteiger partial charge in [0.05, 0.1) is 18.4 Å². The summed E-state index contributed by atoms with van der Waals surface area (Å²) in [5.41, 5.74) is 0.791. The van der Waals surface area contributed by atoms with E-state index < -0.39 is 17.9 Å². The maximum atomic E-state index is 12.3. The Morgan fingerprint density at radius 1 is 1.45 bits per heavy atom. The first-order valence-electron chi connectivity index (χ1n) is 6.90. The molecule has 1 heterocycles. The molecule has 0 aliphatic carbocycles. The van der Waals surface area contributed by atoms with Gasteiger partial charge in [0, 0.05) is 25.0 Å². The number of benzene rings is 1. The highest BCUT2D eigenvalue weighted by Gasteiger charge is 2.42. The van der Waals surface area contributed by atoms with Gasteiger partial charge in [-0.1, -0.05) is 23.7 Å². The number of nitrogens with zero attached hydrogens (tertiary/aromatic N) is 1. The molecule has 22 heavy (non-hydrogen) atoms. The first-order valence-corrected chi connectivity index (χ1v) is 7.28. The van der Waals surface area contributed by atoms with Gasteiger partial charge < -0.3 is 15.3 Å². The number of likely N-dealkylation sites (tertiary alicyclic amines) is 1. The van der Waals surface area contributed by atoms with Crippen molar-refractivity contribution in [2.75, 3.05) is 13.6 Å². The van der Waals surface area contributed by atoms with Gasteiger partial charge in [-0.25, -0.2) is 0 Å². The molecule has 0 aromatic heterocycles. The van der Waals surface area contributed by atoms with Crippen molar-refractivity contribution in [1.29, 1.82) is 0 Å². The van der Waals surface area contributed by atoms with Crippen LogP contribution in [-0.4, -0.2) is 41.4 Å². The number of carboxylic acids is 1. The van der Waals surface area contributed by atoms with Gasteiger partial charge in [-0.15, -0.1) is 0 Å². The lowest BCUT2D eigenvalue weighted by molar-refractivity contribution is -0.137. The van der Waals surface area contributed by atoms with E-state index in [1.54, 1.807) is 25.2 Å². The molecule has 2 atom stereocenters. The third kappa shape index (κ3) is 3.57. The van der Waals surface area contributed by atoms with Crippen LogP contribution in [0.1, 0.15) is 24.4 Å². The Labute approximate surface area is 133 Å². The second-order valence-corrected chi connectivity index (χ2v) is 5.69. The number of carboxylic acid groups (broad SMARTS) is 1. The van der Waals surface area contributed by atoms with Gasteiger partial charge in [0.2, 0.25) is 11.8 Å². The molecular formula is C15H17ClN2O4. The molecule has 0 bridgehead atoms. The van der Waals surface area contributed by atoms with Crippen LogP contribution in [0.5, 0.6) is 0 Å².